The molecule has 1 aromatic heterocycles. The second kappa shape index (κ2) is 9.24. The van der Waals surface area contributed by atoms with Crippen LogP contribution in [-0.4, -0.2) is 5.78 Å². The molecular formula is C20H12Br3ClO3. The first kappa shape index (κ1) is 20.4. The second-order valence-electron chi connectivity index (χ2n) is 5.50. The molecule has 7 heteroatoms. The lowest BCUT2D eigenvalue weighted by Crippen LogP contribution is -1.95. The van der Waals surface area contributed by atoms with Gasteiger partial charge < -0.3 is 9.15 Å². The molecule has 3 nitrogen and oxygen atoms in total. The number of ether oxygens (including phenoxy) is 1. The molecule has 0 bridgehead atoms. The Labute approximate surface area is 186 Å². The van der Waals surface area contributed by atoms with Gasteiger partial charge in [0.05, 0.1) is 8.95 Å². The lowest BCUT2D eigenvalue weighted by Gasteiger charge is -2.09. The average Bonchev–Trinajstić information content (AvgIpc) is 3.07. The Kier molecular flexibility index (Phi) is 6.98. The molecule has 138 valence electrons. The van der Waals surface area contributed by atoms with Crippen molar-refractivity contribution in [3.05, 3.63) is 90.1 Å². The van der Waals surface area contributed by atoms with Crippen molar-refractivity contribution in [1.29, 1.82) is 0 Å². The number of furan rings is 1. The van der Waals surface area contributed by atoms with Crippen LogP contribution >= 0.6 is 59.4 Å². The summed E-state index contributed by atoms with van der Waals surface area (Å²) in [5.41, 5.74) is 0.565. The number of benzene rings is 2. The summed E-state index contributed by atoms with van der Waals surface area (Å²) < 4.78 is 14.1. The monoisotopic (exact) mass is 572 g/mol. The number of carbonyl (C=O) groups excluding carboxylic acids is 1. The first-order valence-electron chi connectivity index (χ1n) is 7.76. The molecule has 27 heavy (non-hydrogen) atoms. The van der Waals surface area contributed by atoms with Crippen molar-refractivity contribution >= 4 is 71.3 Å². The van der Waals surface area contributed by atoms with E-state index in [2.05, 4.69) is 47.8 Å². The van der Waals surface area contributed by atoms with E-state index in [4.69, 9.17) is 20.8 Å². The van der Waals surface area contributed by atoms with Crippen molar-refractivity contribution in [3.8, 4) is 5.75 Å². The zero-order chi connectivity index (χ0) is 19.4. The van der Waals surface area contributed by atoms with Crippen LogP contribution in [0.3, 0.4) is 0 Å². The predicted octanol–water partition coefficient (Wildman–Crippen LogP) is 7.70. The summed E-state index contributed by atoms with van der Waals surface area (Å²) in [6.07, 6.45) is 3.10. The summed E-state index contributed by atoms with van der Waals surface area (Å²) in [6, 6.07) is 14.1. The summed E-state index contributed by atoms with van der Waals surface area (Å²) in [5.74, 6) is 1.79. The molecule has 0 N–H and O–H groups in total. The van der Waals surface area contributed by atoms with E-state index < -0.39 is 0 Å². The highest BCUT2D eigenvalue weighted by Crippen LogP contribution is 2.36. The number of allylic oxidation sites excluding steroid dienone is 1. The summed E-state index contributed by atoms with van der Waals surface area (Å²) in [6.45, 7) is 0.262. The van der Waals surface area contributed by atoms with Gasteiger partial charge in [-0.2, -0.15) is 0 Å². The van der Waals surface area contributed by atoms with Crippen molar-refractivity contribution in [3.63, 3.8) is 0 Å². The first-order chi connectivity index (χ1) is 12.9. The molecule has 0 saturated carbocycles. The number of hydrogen-bond donors (Lipinski definition) is 0. The van der Waals surface area contributed by atoms with Gasteiger partial charge in [0, 0.05) is 15.1 Å². The van der Waals surface area contributed by atoms with E-state index in [1.165, 1.54) is 6.08 Å². The molecule has 3 aromatic rings. The molecule has 0 aliphatic heterocycles. The lowest BCUT2D eigenvalue weighted by atomic mass is 10.1. The third-order valence-corrected chi connectivity index (χ3v) is 5.42. The number of rotatable bonds is 6. The highest BCUT2D eigenvalue weighted by molar-refractivity contribution is 9.11. The molecule has 2 aromatic carbocycles. The second-order valence-corrected chi connectivity index (χ2v) is 8.56. The minimum atomic E-state index is -0.122. The third kappa shape index (κ3) is 5.57. The fourth-order valence-corrected chi connectivity index (χ4v) is 4.85. The van der Waals surface area contributed by atoms with Crippen LogP contribution in [0, 0.1) is 0 Å². The van der Waals surface area contributed by atoms with E-state index in [0.29, 0.717) is 27.9 Å². The minimum absolute atomic E-state index is 0.122. The first-order valence-corrected chi connectivity index (χ1v) is 10.5. The van der Waals surface area contributed by atoms with Crippen LogP contribution in [0.25, 0.3) is 6.08 Å². The van der Waals surface area contributed by atoms with Crippen LogP contribution in [0.1, 0.15) is 21.9 Å². The van der Waals surface area contributed by atoms with Crippen LogP contribution in [-0.2, 0) is 6.61 Å². The van der Waals surface area contributed by atoms with Crippen molar-refractivity contribution < 1.29 is 13.9 Å². The zero-order valence-electron chi connectivity index (χ0n) is 13.7. The Morgan fingerprint density at radius 3 is 2.37 bits per heavy atom. The van der Waals surface area contributed by atoms with Gasteiger partial charge in [-0.1, -0.05) is 27.5 Å². The molecule has 0 aliphatic carbocycles. The van der Waals surface area contributed by atoms with E-state index >= 15 is 0 Å². The largest absolute Gasteiger partial charge is 0.483 e. The molecule has 0 saturated heterocycles. The van der Waals surface area contributed by atoms with Gasteiger partial charge in [0.2, 0.25) is 0 Å². The van der Waals surface area contributed by atoms with Crippen LogP contribution < -0.4 is 4.74 Å². The smallest absolute Gasteiger partial charge is 0.185 e. The van der Waals surface area contributed by atoms with Gasteiger partial charge >= 0.3 is 0 Å². The number of carbonyl (C=O) groups is 1. The van der Waals surface area contributed by atoms with Gasteiger partial charge in [-0.05, 0) is 92.5 Å². The van der Waals surface area contributed by atoms with Crippen molar-refractivity contribution in [2.24, 2.45) is 0 Å². The molecule has 0 fully saturated rings. The van der Waals surface area contributed by atoms with Crippen molar-refractivity contribution in [2.75, 3.05) is 0 Å². The number of ketones is 1. The molecule has 0 atom stereocenters. The molecular weight excluding hydrogens is 563 g/mol. The average molecular weight is 575 g/mol. The van der Waals surface area contributed by atoms with Crippen LogP contribution in [0.4, 0.5) is 0 Å². The van der Waals surface area contributed by atoms with E-state index in [0.717, 1.165) is 13.4 Å². The Bertz CT molecular complexity index is 971. The maximum absolute atomic E-state index is 12.1. The molecule has 0 aliphatic rings. The highest BCUT2D eigenvalue weighted by atomic mass is 79.9. The van der Waals surface area contributed by atoms with Gasteiger partial charge in [0.1, 0.15) is 23.9 Å². The fraction of sp³-hybridized carbons (Fsp3) is 0.0500. The Hall–Kier alpha value is -1.34. The summed E-state index contributed by atoms with van der Waals surface area (Å²) in [4.78, 5) is 12.1. The number of hydrogen-bond acceptors (Lipinski definition) is 3. The maximum Gasteiger partial charge on any atom is 0.185 e. The summed E-state index contributed by atoms with van der Waals surface area (Å²) >= 11 is 16.2. The van der Waals surface area contributed by atoms with E-state index in [-0.39, 0.29) is 12.4 Å². The Morgan fingerprint density at radius 1 is 1.04 bits per heavy atom. The SMILES string of the molecule is O=C(/C=C/c1ccc(COc2c(Br)cc(Br)cc2Br)o1)c1ccc(Cl)cc1. The van der Waals surface area contributed by atoms with Crippen LogP contribution in [0.2, 0.25) is 5.02 Å². The van der Waals surface area contributed by atoms with Crippen molar-refractivity contribution in [2.45, 2.75) is 6.61 Å². The van der Waals surface area contributed by atoms with Gasteiger partial charge in [0.15, 0.2) is 5.78 Å². The summed E-state index contributed by atoms with van der Waals surface area (Å²) in [7, 11) is 0. The quantitative estimate of drug-likeness (QED) is 0.224. The van der Waals surface area contributed by atoms with E-state index in [9.17, 15) is 4.79 Å². The van der Waals surface area contributed by atoms with Gasteiger partial charge in [0.25, 0.3) is 0 Å². The molecule has 0 amide bonds. The molecule has 0 spiro atoms. The minimum Gasteiger partial charge on any atom is -0.483 e. The van der Waals surface area contributed by atoms with Crippen molar-refractivity contribution in [1.82, 2.24) is 0 Å². The molecule has 3 rings (SSSR count). The predicted molar refractivity (Wildman–Crippen MR) is 117 cm³/mol. The zero-order valence-corrected chi connectivity index (χ0v) is 19.2. The van der Waals surface area contributed by atoms with E-state index in [1.807, 2.05) is 18.2 Å². The van der Waals surface area contributed by atoms with Gasteiger partial charge in [-0.3, -0.25) is 4.79 Å². The standard InChI is InChI=1S/C20H12Br3ClO3/c21-13-9-17(22)20(18(23)10-13)26-11-16-6-5-15(27-16)7-8-19(25)12-1-3-14(24)4-2-12/h1-10H,11H2/b8-7+. The molecule has 0 radical (unpaired) electrons. The van der Waals surface area contributed by atoms with Gasteiger partial charge in [-0.25, -0.2) is 0 Å². The molecule has 1 heterocycles. The fourth-order valence-electron chi connectivity index (χ4n) is 2.24. The molecule has 0 unspecified atom stereocenters. The van der Waals surface area contributed by atoms with E-state index in [1.54, 1.807) is 36.4 Å². The van der Waals surface area contributed by atoms with Crippen LogP contribution in [0.15, 0.2) is 72.4 Å². The Morgan fingerprint density at radius 2 is 1.70 bits per heavy atom. The normalized spacial score (nSPS) is 11.1. The lowest BCUT2D eigenvalue weighted by molar-refractivity contribution is 0.104. The third-order valence-electron chi connectivity index (χ3n) is 3.53. The maximum atomic E-state index is 12.1. The summed E-state index contributed by atoms with van der Waals surface area (Å²) in [5, 5.41) is 0.593. The number of halogens is 4. The van der Waals surface area contributed by atoms with Crippen LogP contribution in [0.5, 0.6) is 5.75 Å². The Balaban J connectivity index is 1.63. The highest BCUT2D eigenvalue weighted by Gasteiger charge is 2.10. The van der Waals surface area contributed by atoms with Gasteiger partial charge in [-0.15, -0.1) is 0 Å². The topological polar surface area (TPSA) is 39.4 Å².